The van der Waals surface area contributed by atoms with Crippen LogP contribution in [0.15, 0.2) is 46.9 Å². The molecule has 0 aliphatic heterocycles. The number of benzene rings is 1. The standard InChI is InChI=1S/C22H21N3O3S3/c1-3-4-11-31(27)14-30-20-18(13-23)17(12-19(25-20)21-24-9-10-29-21)15-5-7-16(8-6-15)22(26)28-2/h5-10,12H,3-4,11,14H2,1-2H3. The average molecular weight is 472 g/mol. The number of rotatable bonds is 9. The van der Waals surface area contributed by atoms with Crippen LogP contribution in [0, 0.1) is 11.3 Å². The molecule has 0 amide bonds. The Morgan fingerprint density at radius 1 is 1.35 bits per heavy atom. The maximum Gasteiger partial charge on any atom is 0.337 e. The van der Waals surface area contributed by atoms with Gasteiger partial charge in [-0.3, -0.25) is 0 Å². The number of nitriles is 1. The molecule has 31 heavy (non-hydrogen) atoms. The second-order valence-corrected chi connectivity index (χ2v) is 10.3. The molecule has 0 aliphatic rings. The normalized spacial score (nSPS) is 11.7. The first-order valence-electron chi connectivity index (χ1n) is 9.58. The minimum atomic E-state index is -0.985. The van der Waals surface area contributed by atoms with Gasteiger partial charge < -0.3 is 9.29 Å². The van der Waals surface area contributed by atoms with Gasteiger partial charge in [0.05, 0.1) is 18.2 Å². The first-order valence-corrected chi connectivity index (χ1v) is 12.9. The molecule has 1 unspecified atom stereocenters. The van der Waals surface area contributed by atoms with Crippen LogP contribution in [0.5, 0.6) is 0 Å². The summed E-state index contributed by atoms with van der Waals surface area (Å²) in [5.41, 5.74) is 2.98. The molecule has 0 saturated carbocycles. The van der Waals surface area contributed by atoms with Crippen LogP contribution in [0.3, 0.4) is 0 Å². The summed E-state index contributed by atoms with van der Waals surface area (Å²) in [5.74, 6) is 0.218. The fourth-order valence-electron chi connectivity index (χ4n) is 2.81. The molecule has 0 aliphatic carbocycles. The highest BCUT2D eigenvalue weighted by atomic mass is 32.3. The lowest BCUT2D eigenvalue weighted by Gasteiger charge is -2.13. The first kappa shape index (κ1) is 23.3. The Labute approximate surface area is 192 Å². The van der Waals surface area contributed by atoms with Crippen LogP contribution in [-0.4, -0.2) is 38.4 Å². The molecule has 2 heterocycles. The molecule has 2 aromatic heterocycles. The Balaban J connectivity index is 2.02. The predicted molar refractivity (Wildman–Crippen MR) is 125 cm³/mol. The molecule has 160 valence electrons. The van der Waals surface area contributed by atoms with Crippen molar-refractivity contribution >= 4 is 40.2 Å². The van der Waals surface area contributed by atoms with E-state index in [1.165, 1.54) is 30.2 Å². The summed E-state index contributed by atoms with van der Waals surface area (Å²) in [6.45, 7) is 2.06. The van der Waals surface area contributed by atoms with Crippen LogP contribution in [0.25, 0.3) is 21.8 Å². The smallest absolute Gasteiger partial charge is 0.337 e. The lowest BCUT2D eigenvalue weighted by Crippen LogP contribution is -2.09. The molecule has 3 aromatic rings. The number of pyridine rings is 1. The molecular formula is C22H21N3O3S3. The Kier molecular flexibility index (Phi) is 8.49. The van der Waals surface area contributed by atoms with Gasteiger partial charge in [-0.25, -0.2) is 14.8 Å². The fourth-order valence-corrected chi connectivity index (χ4v) is 5.93. The van der Waals surface area contributed by atoms with Crippen LogP contribution >= 0.6 is 23.1 Å². The summed E-state index contributed by atoms with van der Waals surface area (Å²) < 4.78 is 17.1. The van der Waals surface area contributed by atoms with E-state index >= 15 is 0 Å². The van der Waals surface area contributed by atoms with Crippen molar-refractivity contribution in [3.05, 3.63) is 53.0 Å². The minimum absolute atomic E-state index is 0.379. The Bertz CT molecular complexity index is 1060. The monoisotopic (exact) mass is 471 g/mol. The second kappa shape index (κ2) is 11.3. The summed E-state index contributed by atoms with van der Waals surface area (Å²) in [4.78, 5) is 20.8. The van der Waals surface area contributed by atoms with E-state index in [-0.39, 0.29) is 0 Å². The van der Waals surface area contributed by atoms with Gasteiger partial charge in [0, 0.05) is 17.1 Å². The molecule has 9 heteroatoms. The molecule has 0 bridgehead atoms. The highest BCUT2D eigenvalue weighted by molar-refractivity contribution is 8.12. The summed E-state index contributed by atoms with van der Waals surface area (Å²) in [7, 11) is 1.33. The molecular weight excluding hydrogens is 450 g/mol. The van der Waals surface area contributed by atoms with E-state index in [9.17, 15) is 14.6 Å². The molecule has 3 rings (SSSR count). The van der Waals surface area contributed by atoms with E-state index in [0.717, 1.165) is 23.4 Å². The van der Waals surface area contributed by atoms with Gasteiger partial charge in [0.25, 0.3) is 0 Å². The number of hydrogen-bond acceptors (Lipinski definition) is 8. The number of nitrogens with zero attached hydrogens (tertiary/aromatic N) is 3. The van der Waals surface area contributed by atoms with Crippen molar-refractivity contribution in [2.24, 2.45) is 0 Å². The van der Waals surface area contributed by atoms with Crippen molar-refractivity contribution in [1.29, 1.82) is 5.26 Å². The van der Waals surface area contributed by atoms with E-state index in [2.05, 4.69) is 23.0 Å². The number of unbranched alkanes of at least 4 members (excludes halogenated alkanes) is 1. The van der Waals surface area contributed by atoms with Gasteiger partial charge in [-0.1, -0.05) is 37.2 Å². The third kappa shape index (κ3) is 5.86. The number of methoxy groups -OCH3 is 1. The molecule has 0 fully saturated rings. The van der Waals surface area contributed by atoms with Gasteiger partial charge >= 0.3 is 5.97 Å². The molecule has 0 saturated heterocycles. The zero-order chi connectivity index (χ0) is 22.2. The molecule has 6 nitrogen and oxygen atoms in total. The summed E-state index contributed by atoms with van der Waals surface area (Å²) >= 11 is 1.81. The van der Waals surface area contributed by atoms with Crippen molar-refractivity contribution in [3.8, 4) is 27.9 Å². The lowest BCUT2D eigenvalue weighted by molar-refractivity contribution is 0.0600. The van der Waals surface area contributed by atoms with Crippen LogP contribution in [0.4, 0.5) is 0 Å². The SMILES string of the molecule is CCCC[S+]([O-])CSc1nc(-c2nccs2)cc(-c2ccc(C(=O)OC)cc2)c1C#N. The van der Waals surface area contributed by atoms with Crippen molar-refractivity contribution in [2.45, 2.75) is 24.8 Å². The molecule has 0 N–H and O–H groups in total. The van der Waals surface area contributed by atoms with Gasteiger partial charge in [0.15, 0.2) is 5.08 Å². The predicted octanol–water partition coefficient (Wildman–Crippen LogP) is 5.13. The zero-order valence-electron chi connectivity index (χ0n) is 17.2. The summed E-state index contributed by atoms with van der Waals surface area (Å²) in [6, 6.07) is 11.0. The maximum atomic E-state index is 12.3. The van der Waals surface area contributed by atoms with Crippen molar-refractivity contribution < 1.29 is 14.1 Å². The lowest BCUT2D eigenvalue weighted by atomic mass is 10.00. The molecule has 0 spiro atoms. The van der Waals surface area contributed by atoms with Gasteiger partial charge in [-0.2, -0.15) is 5.26 Å². The Morgan fingerprint density at radius 3 is 2.74 bits per heavy atom. The highest BCUT2D eigenvalue weighted by Crippen LogP contribution is 2.35. The number of aromatic nitrogens is 2. The van der Waals surface area contributed by atoms with Gasteiger partial charge in [-0.15, -0.1) is 11.3 Å². The van der Waals surface area contributed by atoms with E-state index in [0.29, 0.717) is 38.2 Å². The van der Waals surface area contributed by atoms with E-state index in [1.54, 1.807) is 30.5 Å². The number of esters is 1. The van der Waals surface area contributed by atoms with Crippen LogP contribution in [0.1, 0.15) is 35.7 Å². The maximum absolute atomic E-state index is 12.3. The molecule has 1 aromatic carbocycles. The number of hydrogen-bond donors (Lipinski definition) is 0. The average Bonchev–Trinajstić information content (AvgIpc) is 3.35. The molecule has 0 radical (unpaired) electrons. The third-order valence-corrected chi connectivity index (χ3v) is 8.05. The van der Waals surface area contributed by atoms with Crippen LogP contribution in [0.2, 0.25) is 0 Å². The van der Waals surface area contributed by atoms with E-state index < -0.39 is 17.1 Å². The topological polar surface area (TPSA) is 98.9 Å². The van der Waals surface area contributed by atoms with Gasteiger partial charge in [-0.05, 0) is 41.4 Å². The van der Waals surface area contributed by atoms with Crippen LogP contribution in [-0.2, 0) is 15.9 Å². The fraction of sp³-hybridized carbons (Fsp3) is 0.273. The van der Waals surface area contributed by atoms with E-state index in [1.807, 2.05) is 11.4 Å². The Morgan fingerprint density at radius 2 is 2.13 bits per heavy atom. The second-order valence-electron chi connectivity index (χ2n) is 6.51. The zero-order valence-corrected chi connectivity index (χ0v) is 19.6. The molecule has 1 atom stereocenters. The largest absolute Gasteiger partial charge is 0.616 e. The van der Waals surface area contributed by atoms with Crippen LogP contribution < -0.4 is 0 Å². The number of ether oxygens (including phenoxy) is 1. The minimum Gasteiger partial charge on any atom is -0.616 e. The Hall–Kier alpha value is -2.38. The number of carbonyl (C=O) groups is 1. The first-order chi connectivity index (χ1) is 15.1. The summed E-state index contributed by atoms with van der Waals surface area (Å²) in [6.07, 6.45) is 3.60. The van der Waals surface area contributed by atoms with E-state index in [4.69, 9.17) is 4.74 Å². The number of carbonyl (C=O) groups excluding carboxylic acids is 1. The third-order valence-electron chi connectivity index (χ3n) is 4.42. The number of thiazole rings is 1. The highest BCUT2D eigenvalue weighted by Gasteiger charge is 2.19. The van der Waals surface area contributed by atoms with Crippen molar-refractivity contribution in [2.75, 3.05) is 17.9 Å². The summed E-state index contributed by atoms with van der Waals surface area (Å²) in [5, 5.41) is 13.4. The van der Waals surface area contributed by atoms with Gasteiger partial charge in [0.1, 0.15) is 27.5 Å². The van der Waals surface area contributed by atoms with Crippen molar-refractivity contribution in [1.82, 2.24) is 9.97 Å². The van der Waals surface area contributed by atoms with Gasteiger partial charge in [0.2, 0.25) is 0 Å². The van der Waals surface area contributed by atoms with Crippen molar-refractivity contribution in [3.63, 3.8) is 0 Å². The quantitative estimate of drug-likeness (QED) is 0.242. The number of thioether (sulfide) groups is 1.